The van der Waals surface area contributed by atoms with Gasteiger partial charge in [-0.15, -0.1) is 0 Å². The van der Waals surface area contributed by atoms with Crippen molar-refractivity contribution in [1.82, 2.24) is 14.7 Å². The average molecular weight is 584 g/mol. The van der Waals surface area contributed by atoms with Crippen LogP contribution >= 0.6 is 0 Å². The molecule has 2 N–H and O–H groups in total. The molecule has 2 heterocycles. The summed E-state index contributed by atoms with van der Waals surface area (Å²) < 4.78 is 27.0. The molecule has 0 saturated heterocycles. The van der Waals surface area contributed by atoms with Crippen LogP contribution in [0, 0.1) is 24.7 Å². The van der Waals surface area contributed by atoms with Gasteiger partial charge in [-0.3, -0.25) is 14.3 Å². The Morgan fingerprint density at radius 1 is 1.10 bits per heavy atom. The number of carbonyl (C=O) groups excluding carboxylic acids is 1. The van der Waals surface area contributed by atoms with Crippen LogP contribution in [0.2, 0.25) is 0 Å². The predicted molar refractivity (Wildman–Crippen MR) is 157 cm³/mol. The Labute approximate surface area is 247 Å². The van der Waals surface area contributed by atoms with Crippen LogP contribution in [0.5, 0.6) is 0 Å². The average Bonchev–Trinajstić information content (AvgIpc) is 3.67. The molecule has 42 heavy (non-hydrogen) atoms. The second kappa shape index (κ2) is 14.0. The molecular formula is C32H45N3O7. The number of benzene rings is 1. The number of allylic oxidation sites excluding steroid dienone is 1. The molecule has 2 saturated carbocycles. The Hall–Kier alpha value is -2.92. The van der Waals surface area contributed by atoms with E-state index in [9.17, 15) is 9.59 Å². The fourth-order valence-corrected chi connectivity index (χ4v) is 7.01. The SMILES string of the molecule is CCOC1OC(C(=O)NC2CC3CCC2C3)=CC(c2c(C)n(C)n(-c3ccccc3)c2=O)C1CCOCCOCCO. The summed E-state index contributed by atoms with van der Waals surface area (Å²) in [5.41, 5.74) is 2.08. The molecule has 6 atom stereocenters. The van der Waals surface area contributed by atoms with Crippen LogP contribution < -0.4 is 10.9 Å². The van der Waals surface area contributed by atoms with Gasteiger partial charge < -0.3 is 29.4 Å². The highest BCUT2D eigenvalue weighted by Gasteiger charge is 2.43. The van der Waals surface area contributed by atoms with Crippen molar-refractivity contribution < 1.29 is 28.8 Å². The number of aromatic nitrogens is 2. The lowest BCUT2D eigenvalue weighted by Gasteiger charge is -2.37. The van der Waals surface area contributed by atoms with Gasteiger partial charge in [0.2, 0.25) is 6.29 Å². The van der Waals surface area contributed by atoms with Crippen molar-refractivity contribution in [1.29, 1.82) is 0 Å². The molecule has 1 aliphatic heterocycles. The van der Waals surface area contributed by atoms with Gasteiger partial charge in [0.1, 0.15) is 0 Å². The summed E-state index contributed by atoms with van der Waals surface area (Å²) in [5.74, 6) is 0.517. The summed E-state index contributed by atoms with van der Waals surface area (Å²) in [6, 6.07) is 9.72. The van der Waals surface area contributed by atoms with E-state index in [2.05, 4.69) is 5.32 Å². The number of ether oxygens (including phenoxy) is 4. The van der Waals surface area contributed by atoms with Crippen LogP contribution in [-0.2, 0) is 30.8 Å². The maximum atomic E-state index is 14.1. The van der Waals surface area contributed by atoms with Crippen LogP contribution in [0.1, 0.15) is 56.2 Å². The minimum atomic E-state index is -0.718. The lowest BCUT2D eigenvalue weighted by molar-refractivity contribution is -0.168. The molecule has 0 spiro atoms. The number of hydrogen-bond donors (Lipinski definition) is 2. The molecule has 2 aromatic rings. The summed E-state index contributed by atoms with van der Waals surface area (Å²) >= 11 is 0. The van der Waals surface area contributed by atoms with E-state index in [4.69, 9.17) is 24.1 Å². The van der Waals surface area contributed by atoms with Crippen molar-refractivity contribution in [3.63, 3.8) is 0 Å². The fraction of sp³-hybridized carbons (Fsp3) is 0.625. The Bertz CT molecular complexity index is 1290. The largest absolute Gasteiger partial charge is 0.459 e. The highest BCUT2D eigenvalue weighted by Crippen LogP contribution is 2.45. The molecule has 230 valence electrons. The van der Waals surface area contributed by atoms with Crippen molar-refractivity contribution in [3.8, 4) is 5.69 Å². The van der Waals surface area contributed by atoms with E-state index in [1.54, 1.807) is 4.68 Å². The van der Waals surface area contributed by atoms with Crippen molar-refractivity contribution in [2.45, 2.75) is 64.2 Å². The van der Waals surface area contributed by atoms with Gasteiger partial charge in [-0.2, -0.15) is 0 Å². The zero-order chi connectivity index (χ0) is 29.6. The lowest BCUT2D eigenvalue weighted by Crippen LogP contribution is -2.44. The minimum Gasteiger partial charge on any atom is -0.459 e. The van der Waals surface area contributed by atoms with E-state index >= 15 is 0 Å². The zero-order valence-corrected chi connectivity index (χ0v) is 25.0. The first kappa shape index (κ1) is 30.5. The van der Waals surface area contributed by atoms with Crippen LogP contribution in [-0.4, -0.2) is 72.4 Å². The summed E-state index contributed by atoms with van der Waals surface area (Å²) in [7, 11) is 1.88. The monoisotopic (exact) mass is 583 g/mol. The number of amides is 1. The molecule has 2 fully saturated rings. The fourth-order valence-electron chi connectivity index (χ4n) is 7.01. The van der Waals surface area contributed by atoms with Crippen LogP contribution in [0.25, 0.3) is 5.69 Å². The molecule has 3 aliphatic rings. The molecule has 0 radical (unpaired) electrons. The standard InChI is InChI=1S/C32H45N3O7/c1-4-41-32-25(12-14-39-16-17-40-15-13-36)26(20-28(42-32)30(37)33-27-19-22-10-11-23(27)18-22)29-21(2)34(3)35(31(29)38)24-8-6-5-7-9-24/h5-9,20,22-23,25-27,32,36H,4,10-19H2,1-3H3,(H,33,37). The third-order valence-electron chi connectivity index (χ3n) is 9.13. The van der Waals surface area contributed by atoms with Crippen molar-refractivity contribution >= 4 is 5.91 Å². The van der Waals surface area contributed by atoms with Crippen molar-refractivity contribution in [2.75, 3.05) is 39.6 Å². The molecule has 6 unspecified atom stereocenters. The van der Waals surface area contributed by atoms with Crippen molar-refractivity contribution in [2.24, 2.45) is 24.8 Å². The summed E-state index contributed by atoms with van der Waals surface area (Å²) in [5, 5.41) is 12.2. The first-order valence-corrected chi connectivity index (χ1v) is 15.3. The second-order valence-electron chi connectivity index (χ2n) is 11.6. The van der Waals surface area contributed by atoms with Gasteiger partial charge in [0.15, 0.2) is 5.76 Å². The molecule has 10 heteroatoms. The maximum absolute atomic E-state index is 14.1. The number of hydrogen-bond acceptors (Lipinski definition) is 7. The van der Waals surface area contributed by atoms with E-state index in [1.807, 2.05) is 62.0 Å². The third kappa shape index (κ3) is 6.51. The van der Waals surface area contributed by atoms with Gasteiger partial charge in [0.05, 0.1) is 32.1 Å². The Morgan fingerprint density at radius 2 is 1.86 bits per heavy atom. The molecule has 2 bridgehead atoms. The van der Waals surface area contributed by atoms with Gasteiger partial charge in [-0.1, -0.05) is 24.6 Å². The zero-order valence-electron chi connectivity index (χ0n) is 25.0. The quantitative estimate of drug-likeness (QED) is 0.329. The summed E-state index contributed by atoms with van der Waals surface area (Å²) in [4.78, 5) is 27.7. The first-order chi connectivity index (χ1) is 20.4. The van der Waals surface area contributed by atoms with E-state index < -0.39 is 12.2 Å². The number of aliphatic hydroxyl groups is 1. The lowest BCUT2D eigenvalue weighted by atomic mass is 9.81. The van der Waals surface area contributed by atoms with E-state index in [1.165, 1.54) is 12.8 Å². The van der Waals surface area contributed by atoms with E-state index in [0.29, 0.717) is 50.2 Å². The summed E-state index contributed by atoms with van der Waals surface area (Å²) in [6.45, 7) is 5.64. The van der Waals surface area contributed by atoms with Gasteiger partial charge in [-0.05, 0) is 69.6 Å². The molecule has 2 aliphatic carbocycles. The predicted octanol–water partition coefficient (Wildman–Crippen LogP) is 3.18. The third-order valence-corrected chi connectivity index (χ3v) is 9.13. The number of aliphatic hydroxyl groups excluding tert-OH is 1. The first-order valence-electron chi connectivity index (χ1n) is 15.3. The van der Waals surface area contributed by atoms with Crippen LogP contribution in [0.4, 0.5) is 0 Å². The normalized spacial score (nSPS) is 26.7. The Morgan fingerprint density at radius 3 is 2.52 bits per heavy atom. The number of rotatable bonds is 14. The number of para-hydroxylation sites is 1. The molecule has 1 aromatic carbocycles. The van der Waals surface area contributed by atoms with Crippen LogP contribution in [0.3, 0.4) is 0 Å². The molecule has 10 nitrogen and oxygen atoms in total. The molecular weight excluding hydrogens is 538 g/mol. The minimum absolute atomic E-state index is 0.0295. The highest BCUT2D eigenvalue weighted by molar-refractivity contribution is 5.92. The number of nitrogens with zero attached hydrogens (tertiary/aromatic N) is 2. The van der Waals surface area contributed by atoms with Crippen molar-refractivity contribution in [3.05, 3.63) is 63.8 Å². The second-order valence-corrected chi connectivity index (χ2v) is 11.6. The van der Waals surface area contributed by atoms with E-state index in [0.717, 1.165) is 24.2 Å². The molecule has 5 rings (SSSR count). The molecule has 1 aromatic heterocycles. The summed E-state index contributed by atoms with van der Waals surface area (Å²) in [6.07, 6.45) is 6.27. The number of fused-ring (bicyclic) bond motifs is 2. The van der Waals surface area contributed by atoms with Gasteiger partial charge in [0, 0.05) is 49.4 Å². The van der Waals surface area contributed by atoms with E-state index in [-0.39, 0.29) is 42.4 Å². The van der Waals surface area contributed by atoms with Gasteiger partial charge in [0.25, 0.3) is 11.5 Å². The Balaban J connectivity index is 1.45. The Kier molecular flexibility index (Phi) is 10.2. The number of carbonyl (C=O) groups is 1. The highest BCUT2D eigenvalue weighted by atomic mass is 16.7. The number of nitrogens with one attached hydrogen (secondary N) is 1. The topological polar surface area (TPSA) is 113 Å². The molecule has 1 amide bonds. The van der Waals surface area contributed by atoms with Gasteiger partial charge >= 0.3 is 0 Å². The van der Waals surface area contributed by atoms with Crippen LogP contribution in [0.15, 0.2) is 47.0 Å². The van der Waals surface area contributed by atoms with Gasteiger partial charge in [-0.25, -0.2) is 4.68 Å². The smallest absolute Gasteiger partial charge is 0.286 e. The maximum Gasteiger partial charge on any atom is 0.286 e.